The summed E-state index contributed by atoms with van der Waals surface area (Å²) in [5.74, 6) is -0.138. The van der Waals surface area contributed by atoms with Gasteiger partial charge in [0.05, 0.1) is 11.4 Å². The van der Waals surface area contributed by atoms with E-state index < -0.39 is 10.0 Å². The summed E-state index contributed by atoms with van der Waals surface area (Å²) in [4.78, 5) is 13.9. The van der Waals surface area contributed by atoms with Crippen LogP contribution in [0, 0.1) is 0 Å². The number of carbonyl (C=O) groups excluding carboxylic acids is 1. The number of benzene rings is 1. The molecule has 1 aromatic carbocycles. The SMILES string of the molecule is CC(C)N1CCN(S(=O)(=O)c2ccccc2)CC1=O. The molecule has 1 fully saturated rings. The highest BCUT2D eigenvalue weighted by Crippen LogP contribution is 2.18. The Morgan fingerprint density at radius 3 is 2.26 bits per heavy atom. The van der Waals surface area contributed by atoms with E-state index in [0.29, 0.717) is 13.1 Å². The fourth-order valence-corrected chi connectivity index (χ4v) is 3.56. The molecule has 0 spiro atoms. The minimum Gasteiger partial charge on any atom is -0.338 e. The Kier molecular flexibility index (Phi) is 3.91. The van der Waals surface area contributed by atoms with E-state index >= 15 is 0 Å². The first-order chi connectivity index (χ1) is 8.93. The second-order valence-electron chi connectivity index (χ2n) is 4.83. The Bertz CT molecular complexity index is 555. The Morgan fingerprint density at radius 2 is 1.74 bits per heavy atom. The number of hydrogen-bond donors (Lipinski definition) is 0. The quantitative estimate of drug-likeness (QED) is 0.828. The van der Waals surface area contributed by atoms with Gasteiger partial charge in [-0.2, -0.15) is 4.31 Å². The molecule has 19 heavy (non-hydrogen) atoms. The standard InChI is InChI=1S/C13H18N2O3S/c1-11(2)15-9-8-14(10-13(15)16)19(17,18)12-6-4-3-5-7-12/h3-7,11H,8-10H2,1-2H3. The van der Waals surface area contributed by atoms with Crippen LogP contribution in [-0.4, -0.2) is 49.2 Å². The van der Waals surface area contributed by atoms with Crippen molar-refractivity contribution < 1.29 is 13.2 Å². The molecule has 0 N–H and O–H groups in total. The van der Waals surface area contributed by atoms with Gasteiger partial charge in [-0.3, -0.25) is 4.79 Å². The molecule has 104 valence electrons. The molecule has 0 bridgehead atoms. The van der Waals surface area contributed by atoms with E-state index in [9.17, 15) is 13.2 Å². The van der Waals surface area contributed by atoms with Gasteiger partial charge in [-0.05, 0) is 26.0 Å². The molecule has 1 aromatic rings. The maximum absolute atomic E-state index is 12.4. The average Bonchev–Trinajstić information content (AvgIpc) is 2.39. The molecule has 2 rings (SSSR count). The van der Waals surface area contributed by atoms with Crippen molar-refractivity contribution in [2.45, 2.75) is 24.8 Å². The zero-order chi connectivity index (χ0) is 14.0. The highest BCUT2D eigenvalue weighted by atomic mass is 32.2. The molecule has 1 aliphatic heterocycles. The third kappa shape index (κ3) is 2.79. The molecular formula is C13H18N2O3S. The van der Waals surface area contributed by atoms with E-state index in [-0.39, 0.29) is 23.4 Å². The van der Waals surface area contributed by atoms with Gasteiger partial charge in [-0.25, -0.2) is 8.42 Å². The molecule has 1 heterocycles. The highest BCUT2D eigenvalue weighted by molar-refractivity contribution is 7.89. The molecule has 0 radical (unpaired) electrons. The van der Waals surface area contributed by atoms with Gasteiger partial charge in [0.25, 0.3) is 0 Å². The lowest BCUT2D eigenvalue weighted by atomic mass is 10.2. The van der Waals surface area contributed by atoms with Gasteiger partial charge in [0.2, 0.25) is 15.9 Å². The van der Waals surface area contributed by atoms with E-state index in [2.05, 4.69) is 0 Å². The highest BCUT2D eigenvalue weighted by Gasteiger charge is 2.33. The van der Waals surface area contributed by atoms with Gasteiger partial charge >= 0.3 is 0 Å². The summed E-state index contributed by atoms with van der Waals surface area (Å²) >= 11 is 0. The van der Waals surface area contributed by atoms with E-state index in [1.165, 1.54) is 4.31 Å². The van der Waals surface area contributed by atoms with Crippen LogP contribution in [0.4, 0.5) is 0 Å². The first kappa shape index (κ1) is 14.0. The third-order valence-electron chi connectivity index (χ3n) is 3.23. The number of carbonyl (C=O) groups is 1. The van der Waals surface area contributed by atoms with Crippen LogP contribution in [-0.2, 0) is 14.8 Å². The van der Waals surface area contributed by atoms with Gasteiger partial charge in [0, 0.05) is 19.1 Å². The Morgan fingerprint density at radius 1 is 1.11 bits per heavy atom. The van der Waals surface area contributed by atoms with Crippen LogP contribution < -0.4 is 0 Å². The van der Waals surface area contributed by atoms with Crippen molar-refractivity contribution in [1.29, 1.82) is 0 Å². The Labute approximate surface area is 113 Å². The van der Waals surface area contributed by atoms with Gasteiger partial charge in [0.1, 0.15) is 0 Å². The summed E-state index contributed by atoms with van der Waals surface area (Å²) in [5, 5.41) is 0. The number of nitrogens with zero attached hydrogens (tertiary/aromatic N) is 2. The zero-order valence-electron chi connectivity index (χ0n) is 11.1. The van der Waals surface area contributed by atoms with Crippen LogP contribution in [0.3, 0.4) is 0 Å². The molecule has 0 aromatic heterocycles. The van der Waals surface area contributed by atoms with E-state index in [4.69, 9.17) is 0 Å². The number of sulfonamides is 1. The largest absolute Gasteiger partial charge is 0.338 e. The maximum Gasteiger partial charge on any atom is 0.243 e. The molecule has 0 aliphatic carbocycles. The van der Waals surface area contributed by atoms with Crippen molar-refractivity contribution in [3.05, 3.63) is 30.3 Å². The number of piperazine rings is 1. The maximum atomic E-state index is 12.4. The fourth-order valence-electron chi connectivity index (χ4n) is 2.16. The van der Waals surface area contributed by atoms with Crippen LogP contribution in [0.15, 0.2) is 35.2 Å². The lowest BCUT2D eigenvalue weighted by Gasteiger charge is -2.35. The minimum atomic E-state index is -3.56. The van der Waals surface area contributed by atoms with Crippen LogP contribution in [0.5, 0.6) is 0 Å². The molecule has 1 amide bonds. The monoisotopic (exact) mass is 282 g/mol. The van der Waals surface area contributed by atoms with Gasteiger partial charge in [-0.1, -0.05) is 18.2 Å². The molecule has 1 saturated heterocycles. The van der Waals surface area contributed by atoms with Crippen LogP contribution >= 0.6 is 0 Å². The molecule has 0 unspecified atom stereocenters. The Balaban J connectivity index is 2.19. The van der Waals surface area contributed by atoms with Crippen molar-refractivity contribution in [2.75, 3.05) is 19.6 Å². The predicted molar refractivity (Wildman–Crippen MR) is 72.0 cm³/mol. The third-order valence-corrected chi connectivity index (χ3v) is 5.09. The lowest BCUT2D eigenvalue weighted by Crippen LogP contribution is -2.54. The summed E-state index contributed by atoms with van der Waals surface area (Å²) in [6.07, 6.45) is 0. The van der Waals surface area contributed by atoms with E-state index in [1.807, 2.05) is 13.8 Å². The van der Waals surface area contributed by atoms with Gasteiger partial charge < -0.3 is 4.90 Å². The molecule has 5 nitrogen and oxygen atoms in total. The summed E-state index contributed by atoms with van der Waals surface area (Å²) in [7, 11) is -3.56. The predicted octanol–water partition coefficient (Wildman–Crippen LogP) is 0.928. The average molecular weight is 282 g/mol. The molecular weight excluding hydrogens is 264 g/mol. The van der Waals surface area contributed by atoms with Crippen molar-refractivity contribution in [2.24, 2.45) is 0 Å². The molecule has 1 aliphatic rings. The van der Waals surface area contributed by atoms with Crippen LogP contribution in [0.25, 0.3) is 0 Å². The normalized spacial score (nSPS) is 18.1. The summed E-state index contributed by atoms with van der Waals surface area (Å²) in [5.41, 5.74) is 0. The minimum absolute atomic E-state index is 0.0740. The van der Waals surface area contributed by atoms with Crippen LogP contribution in [0.2, 0.25) is 0 Å². The second kappa shape index (κ2) is 5.30. The first-order valence-electron chi connectivity index (χ1n) is 6.27. The number of rotatable bonds is 3. The second-order valence-corrected chi connectivity index (χ2v) is 6.77. The van der Waals surface area contributed by atoms with E-state index in [1.54, 1.807) is 35.2 Å². The summed E-state index contributed by atoms with van der Waals surface area (Å²) in [6.45, 7) is 4.58. The van der Waals surface area contributed by atoms with Crippen molar-refractivity contribution >= 4 is 15.9 Å². The molecule has 6 heteroatoms. The smallest absolute Gasteiger partial charge is 0.243 e. The van der Waals surface area contributed by atoms with Gasteiger partial charge in [-0.15, -0.1) is 0 Å². The van der Waals surface area contributed by atoms with E-state index in [0.717, 1.165) is 0 Å². The van der Waals surface area contributed by atoms with Gasteiger partial charge in [0.15, 0.2) is 0 Å². The lowest BCUT2D eigenvalue weighted by molar-refractivity contribution is -0.135. The van der Waals surface area contributed by atoms with Crippen molar-refractivity contribution in [1.82, 2.24) is 9.21 Å². The summed E-state index contributed by atoms with van der Waals surface area (Å²) in [6, 6.07) is 8.33. The van der Waals surface area contributed by atoms with Crippen molar-refractivity contribution in [3.63, 3.8) is 0 Å². The van der Waals surface area contributed by atoms with Crippen LogP contribution in [0.1, 0.15) is 13.8 Å². The Hall–Kier alpha value is -1.40. The fraction of sp³-hybridized carbons (Fsp3) is 0.462. The molecule has 0 saturated carbocycles. The first-order valence-corrected chi connectivity index (χ1v) is 7.71. The number of hydrogen-bond acceptors (Lipinski definition) is 3. The zero-order valence-corrected chi connectivity index (χ0v) is 11.9. The number of amides is 1. The summed E-state index contributed by atoms with van der Waals surface area (Å²) < 4.78 is 26.0. The topological polar surface area (TPSA) is 57.7 Å². The van der Waals surface area contributed by atoms with Crippen molar-refractivity contribution in [3.8, 4) is 0 Å². The molecule has 0 atom stereocenters.